The summed E-state index contributed by atoms with van der Waals surface area (Å²) in [7, 11) is 1.37. The smallest absolute Gasteiger partial charge is 0.194 e. The van der Waals surface area contributed by atoms with E-state index in [0.29, 0.717) is 0 Å². The summed E-state index contributed by atoms with van der Waals surface area (Å²) in [5, 5.41) is 2.56. The molecule has 2 aromatic rings. The zero-order valence-corrected chi connectivity index (χ0v) is 12.2. The fraction of sp³-hybridized carbons (Fsp3) is 0.143. The van der Waals surface area contributed by atoms with Gasteiger partial charge in [-0.25, -0.2) is 22.0 Å². The largest absolute Gasteiger partial charge is 0.309 e. The van der Waals surface area contributed by atoms with Crippen molar-refractivity contribution in [3.8, 4) is 0 Å². The number of hydrogen-bond donors (Lipinski definition) is 1. The maximum atomic E-state index is 13.9. The molecule has 1 unspecified atom stereocenters. The zero-order chi connectivity index (χ0) is 15.7. The summed E-state index contributed by atoms with van der Waals surface area (Å²) in [5.74, 6) is -6.03. The molecule has 0 saturated carbocycles. The summed E-state index contributed by atoms with van der Waals surface area (Å²) >= 11 is 2.82. The molecule has 0 spiro atoms. The van der Waals surface area contributed by atoms with Crippen LogP contribution in [0.1, 0.15) is 17.2 Å². The van der Waals surface area contributed by atoms with E-state index in [0.717, 1.165) is 24.3 Å². The molecule has 1 N–H and O–H groups in total. The van der Waals surface area contributed by atoms with Crippen molar-refractivity contribution in [3.63, 3.8) is 0 Å². The van der Waals surface area contributed by atoms with E-state index in [1.807, 2.05) is 0 Å². The number of nitrogens with one attached hydrogen (secondary N) is 1. The lowest BCUT2D eigenvalue weighted by atomic mass is 9.97. The van der Waals surface area contributed by atoms with Crippen molar-refractivity contribution in [3.05, 3.63) is 69.0 Å². The minimum atomic E-state index is -1.66. The molecule has 0 bridgehead atoms. The van der Waals surface area contributed by atoms with Gasteiger partial charge in [-0.3, -0.25) is 0 Å². The van der Waals surface area contributed by atoms with Crippen molar-refractivity contribution < 1.29 is 22.0 Å². The molecule has 2 rings (SSSR count). The molecule has 1 atom stereocenters. The van der Waals surface area contributed by atoms with Crippen LogP contribution in [0.25, 0.3) is 0 Å². The van der Waals surface area contributed by atoms with Crippen LogP contribution in [0.5, 0.6) is 0 Å². The monoisotopic (exact) mass is 365 g/mol. The topological polar surface area (TPSA) is 12.0 Å². The molecule has 0 aliphatic carbocycles. The van der Waals surface area contributed by atoms with Crippen LogP contribution in [0.4, 0.5) is 22.0 Å². The molecule has 0 amide bonds. The Morgan fingerprint density at radius 3 is 2.14 bits per heavy atom. The van der Waals surface area contributed by atoms with Gasteiger partial charge in [-0.05, 0) is 41.2 Å². The summed E-state index contributed by atoms with van der Waals surface area (Å²) in [4.78, 5) is 0. The van der Waals surface area contributed by atoms with Crippen LogP contribution < -0.4 is 5.32 Å². The second-order valence-electron chi connectivity index (χ2n) is 4.27. The third-order valence-electron chi connectivity index (χ3n) is 3.02. The first-order valence-corrected chi connectivity index (χ1v) is 6.61. The fourth-order valence-electron chi connectivity index (χ4n) is 2.00. The first-order valence-electron chi connectivity index (χ1n) is 5.82. The first kappa shape index (κ1) is 15.9. The van der Waals surface area contributed by atoms with Gasteiger partial charge in [0.2, 0.25) is 0 Å². The van der Waals surface area contributed by atoms with E-state index in [9.17, 15) is 22.0 Å². The van der Waals surface area contributed by atoms with Gasteiger partial charge in [0, 0.05) is 11.1 Å². The summed E-state index contributed by atoms with van der Waals surface area (Å²) < 4.78 is 67.5. The summed E-state index contributed by atoms with van der Waals surface area (Å²) in [6.07, 6.45) is 0. The predicted molar refractivity (Wildman–Crippen MR) is 71.3 cm³/mol. The molecule has 112 valence electrons. The van der Waals surface area contributed by atoms with E-state index in [-0.39, 0.29) is 15.6 Å². The van der Waals surface area contributed by atoms with Crippen molar-refractivity contribution in [2.45, 2.75) is 6.04 Å². The van der Waals surface area contributed by atoms with E-state index in [1.54, 1.807) is 0 Å². The second kappa shape index (κ2) is 6.11. The third-order valence-corrected chi connectivity index (χ3v) is 3.62. The van der Waals surface area contributed by atoms with Gasteiger partial charge in [0.1, 0.15) is 11.6 Å². The molecule has 0 saturated heterocycles. The highest BCUT2D eigenvalue weighted by atomic mass is 79.9. The highest BCUT2D eigenvalue weighted by molar-refractivity contribution is 9.10. The molecular weight excluding hydrogens is 357 g/mol. The molecule has 7 heteroatoms. The van der Waals surface area contributed by atoms with Gasteiger partial charge < -0.3 is 5.32 Å². The van der Waals surface area contributed by atoms with Crippen molar-refractivity contribution in [2.75, 3.05) is 7.05 Å². The number of halogens is 6. The Labute approximate surface area is 125 Å². The zero-order valence-electron chi connectivity index (χ0n) is 10.7. The standard InChI is InChI=1S/C14H9BrF5N/c1-21-14(6-2-3-9(16)13(20)12(6)19)7-4-11(18)8(15)5-10(7)17/h2-5,14,21H,1H3. The van der Waals surface area contributed by atoms with Gasteiger partial charge in [-0.1, -0.05) is 6.07 Å². The summed E-state index contributed by atoms with van der Waals surface area (Å²) in [6, 6.07) is 2.29. The molecule has 0 heterocycles. The second-order valence-corrected chi connectivity index (χ2v) is 5.13. The molecule has 21 heavy (non-hydrogen) atoms. The lowest BCUT2D eigenvalue weighted by Gasteiger charge is -2.19. The van der Waals surface area contributed by atoms with E-state index < -0.39 is 35.1 Å². The third kappa shape index (κ3) is 2.94. The lowest BCUT2D eigenvalue weighted by molar-refractivity contribution is 0.433. The highest BCUT2D eigenvalue weighted by Gasteiger charge is 2.24. The minimum absolute atomic E-state index is 0.0932. The molecule has 0 aliphatic rings. The number of benzene rings is 2. The fourth-order valence-corrected chi connectivity index (χ4v) is 2.32. The van der Waals surface area contributed by atoms with Crippen LogP contribution in [0, 0.1) is 29.1 Å². The van der Waals surface area contributed by atoms with Crippen molar-refractivity contribution in [2.24, 2.45) is 0 Å². The van der Waals surface area contributed by atoms with E-state index in [1.165, 1.54) is 7.05 Å². The number of rotatable bonds is 3. The van der Waals surface area contributed by atoms with Crippen LogP contribution >= 0.6 is 15.9 Å². The van der Waals surface area contributed by atoms with Gasteiger partial charge in [0.25, 0.3) is 0 Å². The van der Waals surface area contributed by atoms with Gasteiger partial charge in [0.15, 0.2) is 17.5 Å². The summed E-state index contributed by atoms with van der Waals surface area (Å²) in [5.41, 5.74) is -0.542. The van der Waals surface area contributed by atoms with E-state index in [4.69, 9.17) is 0 Å². The lowest BCUT2D eigenvalue weighted by Crippen LogP contribution is -2.21. The molecule has 2 aromatic carbocycles. The SMILES string of the molecule is CNC(c1cc(F)c(Br)cc1F)c1ccc(F)c(F)c1F. The van der Waals surface area contributed by atoms with Gasteiger partial charge >= 0.3 is 0 Å². The first-order chi connectivity index (χ1) is 9.86. The van der Waals surface area contributed by atoms with Crippen LogP contribution in [-0.4, -0.2) is 7.05 Å². The van der Waals surface area contributed by atoms with Crippen LogP contribution in [-0.2, 0) is 0 Å². The quantitative estimate of drug-likeness (QED) is 0.481. The molecule has 0 fully saturated rings. The maximum Gasteiger partial charge on any atom is 0.194 e. The Bertz CT molecular complexity index is 688. The van der Waals surface area contributed by atoms with Crippen LogP contribution in [0.2, 0.25) is 0 Å². The van der Waals surface area contributed by atoms with Crippen molar-refractivity contribution in [1.29, 1.82) is 0 Å². The maximum absolute atomic E-state index is 13.9. The summed E-state index contributed by atoms with van der Waals surface area (Å²) in [6.45, 7) is 0. The van der Waals surface area contributed by atoms with Crippen molar-refractivity contribution in [1.82, 2.24) is 5.32 Å². The Hall–Kier alpha value is -1.47. The van der Waals surface area contributed by atoms with Crippen molar-refractivity contribution >= 4 is 15.9 Å². The highest BCUT2D eigenvalue weighted by Crippen LogP contribution is 2.30. The Balaban J connectivity index is 2.60. The van der Waals surface area contributed by atoms with Gasteiger partial charge in [-0.2, -0.15) is 0 Å². The Kier molecular flexibility index (Phi) is 4.63. The molecule has 0 radical (unpaired) electrons. The Morgan fingerprint density at radius 2 is 1.52 bits per heavy atom. The average Bonchev–Trinajstić information content (AvgIpc) is 2.44. The number of hydrogen-bond acceptors (Lipinski definition) is 1. The normalized spacial score (nSPS) is 12.5. The van der Waals surface area contributed by atoms with Crippen LogP contribution in [0.15, 0.2) is 28.7 Å². The molecule has 1 nitrogen and oxygen atoms in total. The van der Waals surface area contributed by atoms with Gasteiger partial charge in [-0.15, -0.1) is 0 Å². The predicted octanol–water partition coefficient (Wildman–Crippen LogP) is 4.45. The minimum Gasteiger partial charge on any atom is -0.309 e. The Morgan fingerprint density at radius 1 is 0.857 bits per heavy atom. The van der Waals surface area contributed by atoms with E-state index in [2.05, 4.69) is 21.2 Å². The average molecular weight is 366 g/mol. The molecule has 0 aliphatic heterocycles. The molecular formula is C14H9BrF5N. The van der Waals surface area contributed by atoms with E-state index >= 15 is 0 Å². The van der Waals surface area contributed by atoms with Crippen LogP contribution in [0.3, 0.4) is 0 Å². The molecule has 0 aromatic heterocycles. The van der Waals surface area contributed by atoms with Gasteiger partial charge in [0.05, 0.1) is 10.5 Å².